The average Bonchev–Trinajstić information content (AvgIpc) is 3.02. The number of H-pyrrole nitrogens is 1. The van der Waals surface area contributed by atoms with E-state index in [-0.39, 0.29) is 11.6 Å². The molecule has 0 aliphatic carbocycles. The van der Waals surface area contributed by atoms with Gasteiger partial charge in [-0.05, 0) is 31.9 Å². The Labute approximate surface area is 135 Å². The van der Waals surface area contributed by atoms with Gasteiger partial charge in [0.15, 0.2) is 0 Å². The maximum atomic E-state index is 11.8. The first kappa shape index (κ1) is 15.4. The minimum absolute atomic E-state index is 0.125. The van der Waals surface area contributed by atoms with E-state index in [2.05, 4.69) is 14.9 Å². The van der Waals surface area contributed by atoms with E-state index in [1.54, 1.807) is 27.2 Å². The molecule has 1 aromatic heterocycles. The van der Waals surface area contributed by atoms with E-state index in [1.807, 2.05) is 18.2 Å². The molecule has 6 heteroatoms. The molecule has 0 amide bonds. The molecule has 1 aromatic carbocycles. The fourth-order valence-electron chi connectivity index (χ4n) is 3.17. The van der Waals surface area contributed by atoms with Crippen molar-refractivity contribution in [2.75, 3.05) is 25.7 Å². The zero-order valence-corrected chi connectivity index (χ0v) is 13.6. The third kappa shape index (κ3) is 3.02. The lowest BCUT2D eigenvalue weighted by Gasteiger charge is -2.27. The lowest BCUT2D eigenvalue weighted by Crippen LogP contribution is -2.26. The van der Waals surface area contributed by atoms with Crippen molar-refractivity contribution < 1.29 is 9.47 Å². The highest BCUT2D eigenvalue weighted by Gasteiger charge is 2.29. The Kier molecular flexibility index (Phi) is 4.23. The van der Waals surface area contributed by atoms with Crippen LogP contribution in [0.3, 0.4) is 0 Å². The van der Waals surface area contributed by atoms with Gasteiger partial charge in [-0.2, -0.15) is 0 Å². The van der Waals surface area contributed by atoms with E-state index in [0.29, 0.717) is 11.6 Å². The summed E-state index contributed by atoms with van der Waals surface area (Å²) >= 11 is 0. The summed E-state index contributed by atoms with van der Waals surface area (Å²) in [5.41, 5.74) is 0.963. The molecule has 1 fully saturated rings. The molecule has 0 bridgehead atoms. The van der Waals surface area contributed by atoms with Crippen molar-refractivity contribution in [2.45, 2.75) is 25.8 Å². The predicted molar refractivity (Wildman–Crippen MR) is 88.5 cm³/mol. The molecule has 1 saturated heterocycles. The minimum Gasteiger partial charge on any atom is -0.497 e. The topological polar surface area (TPSA) is 67.5 Å². The quantitative estimate of drug-likeness (QED) is 0.938. The molecule has 6 nitrogen and oxygen atoms in total. The van der Waals surface area contributed by atoms with Gasteiger partial charge in [0, 0.05) is 24.2 Å². The standard InChI is InChI=1S/C17H21N3O3/c1-11-18-16(10-17(21)19-11)20-8-4-5-14(20)13-7-6-12(22-2)9-15(13)23-3/h6-7,9-10,14H,4-5,8H2,1-3H3,(H,18,19,21). The summed E-state index contributed by atoms with van der Waals surface area (Å²) in [4.78, 5) is 21.1. The number of aromatic nitrogens is 2. The molecule has 2 heterocycles. The van der Waals surface area contributed by atoms with Crippen molar-refractivity contribution in [3.63, 3.8) is 0 Å². The third-order valence-corrected chi connectivity index (χ3v) is 4.19. The molecule has 1 aliphatic heterocycles. The Hall–Kier alpha value is -2.50. The van der Waals surface area contributed by atoms with Crippen LogP contribution in [-0.4, -0.2) is 30.7 Å². The fourth-order valence-corrected chi connectivity index (χ4v) is 3.17. The van der Waals surface area contributed by atoms with Gasteiger partial charge in [0.1, 0.15) is 23.1 Å². The molecular formula is C17H21N3O3. The Morgan fingerprint density at radius 2 is 2.09 bits per heavy atom. The van der Waals surface area contributed by atoms with Gasteiger partial charge in [0.05, 0.1) is 20.3 Å². The van der Waals surface area contributed by atoms with Crippen LogP contribution in [-0.2, 0) is 0 Å². The summed E-state index contributed by atoms with van der Waals surface area (Å²) in [6.07, 6.45) is 2.05. The van der Waals surface area contributed by atoms with Crippen LogP contribution in [0.5, 0.6) is 11.5 Å². The SMILES string of the molecule is COc1ccc(C2CCCN2c2cc(=O)[nH]c(C)n2)c(OC)c1. The minimum atomic E-state index is -0.125. The smallest absolute Gasteiger partial charge is 0.252 e. The van der Waals surface area contributed by atoms with E-state index in [0.717, 1.165) is 36.4 Å². The normalized spacial score (nSPS) is 17.3. The van der Waals surface area contributed by atoms with E-state index < -0.39 is 0 Å². The number of hydrogen-bond acceptors (Lipinski definition) is 5. The first-order chi connectivity index (χ1) is 11.1. The predicted octanol–water partition coefficient (Wildman–Crippen LogP) is 2.44. The monoisotopic (exact) mass is 315 g/mol. The van der Waals surface area contributed by atoms with Gasteiger partial charge in [-0.3, -0.25) is 4.79 Å². The summed E-state index contributed by atoms with van der Waals surface area (Å²) in [6, 6.07) is 7.55. The Bertz CT molecular complexity index is 757. The first-order valence-electron chi connectivity index (χ1n) is 7.69. The molecule has 23 heavy (non-hydrogen) atoms. The maximum absolute atomic E-state index is 11.8. The number of nitrogens with zero attached hydrogens (tertiary/aromatic N) is 2. The van der Waals surface area contributed by atoms with Crippen LogP contribution in [0, 0.1) is 6.92 Å². The van der Waals surface area contributed by atoms with Crippen LogP contribution in [0.25, 0.3) is 0 Å². The molecule has 1 aliphatic rings. The van der Waals surface area contributed by atoms with E-state index in [1.165, 1.54) is 0 Å². The van der Waals surface area contributed by atoms with Crippen LogP contribution >= 0.6 is 0 Å². The zero-order chi connectivity index (χ0) is 16.4. The molecule has 1 N–H and O–H groups in total. The molecule has 3 rings (SSSR count). The van der Waals surface area contributed by atoms with Gasteiger partial charge in [-0.15, -0.1) is 0 Å². The van der Waals surface area contributed by atoms with Crippen molar-refractivity contribution in [3.8, 4) is 11.5 Å². The number of methoxy groups -OCH3 is 2. The summed E-state index contributed by atoms with van der Waals surface area (Å²) in [5.74, 6) is 2.90. The Morgan fingerprint density at radius 1 is 1.26 bits per heavy atom. The zero-order valence-electron chi connectivity index (χ0n) is 13.6. The van der Waals surface area contributed by atoms with Gasteiger partial charge >= 0.3 is 0 Å². The van der Waals surface area contributed by atoms with Crippen molar-refractivity contribution in [3.05, 3.63) is 46.0 Å². The van der Waals surface area contributed by atoms with Gasteiger partial charge in [0.2, 0.25) is 0 Å². The van der Waals surface area contributed by atoms with Crippen molar-refractivity contribution in [1.29, 1.82) is 0 Å². The lowest BCUT2D eigenvalue weighted by molar-refractivity contribution is 0.388. The number of anilines is 1. The van der Waals surface area contributed by atoms with E-state index in [4.69, 9.17) is 9.47 Å². The van der Waals surface area contributed by atoms with E-state index >= 15 is 0 Å². The summed E-state index contributed by atoms with van der Waals surface area (Å²) in [7, 11) is 3.30. The number of rotatable bonds is 4. The Morgan fingerprint density at radius 3 is 2.78 bits per heavy atom. The number of aryl methyl sites for hydroxylation is 1. The molecule has 1 atom stereocenters. The second-order valence-electron chi connectivity index (χ2n) is 5.65. The highest BCUT2D eigenvalue weighted by molar-refractivity contribution is 5.49. The molecule has 0 radical (unpaired) electrons. The van der Waals surface area contributed by atoms with Crippen LogP contribution in [0.1, 0.15) is 30.3 Å². The number of aromatic amines is 1. The van der Waals surface area contributed by atoms with Gasteiger partial charge in [-0.1, -0.05) is 0 Å². The molecule has 122 valence electrons. The van der Waals surface area contributed by atoms with Gasteiger partial charge in [-0.25, -0.2) is 4.98 Å². The highest BCUT2D eigenvalue weighted by atomic mass is 16.5. The number of nitrogens with one attached hydrogen (secondary N) is 1. The maximum Gasteiger partial charge on any atom is 0.252 e. The number of hydrogen-bond donors (Lipinski definition) is 1. The molecule has 0 saturated carbocycles. The van der Waals surface area contributed by atoms with Gasteiger partial charge < -0.3 is 19.4 Å². The van der Waals surface area contributed by atoms with E-state index in [9.17, 15) is 4.79 Å². The second kappa shape index (κ2) is 6.32. The van der Waals surface area contributed by atoms with Crippen molar-refractivity contribution in [1.82, 2.24) is 9.97 Å². The van der Waals surface area contributed by atoms with Crippen LogP contribution in [0.4, 0.5) is 5.82 Å². The second-order valence-corrected chi connectivity index (χ2v) is 5.65. The van der Waals surface area contributed by atoms with Crippen LogP contribution < -0.4 is 19.9 Å². The Balaban J connectivity index is 2.00. The average molecular weight is 315 g/mol. The summed E-state index contributed by atoms with van der Waals surface area (Å²) in [5, 5.41) is 0. The van der Waals surface area contributed by atoms with Crippen molar-refractivity contribution >= 4 is 5.82 Å². The molecule has 0 spiro atoms. The summed E-state index contributed by atoms with van der Waals surface area (Å²) in [6.45, 7) is 2.67. The number of benzene rings is 1. The van der Waals surface area contributed by atoms with Gasteiger partial charge in [0.25, 0.3) is 5.56 Å². The lowest BCUT2D eigenvalue weighted by atomic mass is 10.0. The van der Waals surface area contributed by atoms with Crippen LogP contribution in [0.2, 0.25) is 0 Å². The molecule has 2 aromatic rings. The first-order valence-corrected chi connectivity index (χ1v) is 7.69. The molecular weight excluding hydrogens is 294 g/mol. The van der Waals surface area contributed by atoms with Crippen LogP contribution in [0.15, 0.2) is 29.1 Å². The largest absolute Gasteiger partial charge is 0.497 e. The number of ether oxygens (including phenoxy) is 2. The fraction of sp³-hybridized carbons (Fsp3) is 0.412. The highest BCUT2D eigenvalue weighted by Crippen LogP contribution is 2.40. The summed E-state index contributed by atoms with van der Waals surface area (Å²) < 4.78 is 10.8. The van der Waals surface area contributed by atoms with Crippen molar-refractivity contribution in [2.24, 2.45) is 0 Å². The molecule has 1 unspecified atom stereocenters. The third-order valence-electron chi connectivity index (χ3n) is 4.19.